The van der Waals surface area contributed by atoms with Crippen LogP contribution in [0.15, 0.2) is 29.7 Å². The summed E-state index contributed by atoms with van der Waals surface area (Å²) >= 11 is 0. The Morgan fingerprint density at radius 3 is 2.47 bits per heavy atom. The summed E-state index contributed by atoms with van der Waals surface area (Å²) in [7, 11) is -1.95. The zero-order chi connectivity index (χ0) is 14.6. The molecule has 0 atom stereocenters. The molecule has 1 aromatic carbocycles. The molecule has 5 heteroatoms. The number of nitrogens with zero attached hydrogens (tertiary/aromatic N) is 1. The minimum absolute atomic E-state index is 0.230. The summed E-state index contributed by atoms with van der Waals surface area (Å²) in [6.45, 7) is 7.66. The standard InChI is InChI=1S/C14H22N2O2S/c1-5-6-7-10-16(4)19(17,18)14-12(3)9-8-11(2)13(14)15/h5,8-9H,1,6-7,10,15H2,2-4H3. The molecular formula is C14H22N2O2S. The Labute approximate surface area is 116 Å². The SMILES string of the molecule is C=CCCCN(C)S(=O)(=O)c1c(C)ccc(C)c1N. The molecular weight excluding hydrogens is 260 g/mol. The molecule has 0 saturated carbocycles. The molecule has 0 aromatic heterocycles. The number of hydrogen-bond donors (Lipinski definition) is 1. The van der Waals surface area contributed by atoms with Crippen LogP contribution in [0, 0.1) is 13.8 Å². The molecule has 106 valence electrons. The van der Waals surface area contributed by atoms with Crippen molar-refractivity contribution in [3.8, 4) is 0 Å². The van der Waals surface area contributed by atoms with Crippen LogP contribution in [-0.4, -0.2) is 26.3 Å². The lowest BCUT2D eigenvalue weighted by Gasteiger charge is -2.20. The van der Waals surface area contributed by atoms with Gasteiger partial charge in [0.15, 0.2) is 0 Å². The van der Waals surface area contributed by atoms with E-state index < -0.39 is 10.0 Å². The summed E-state index contributed by atoms with van der Waals surface area (Å²) < 4.78 is 26.4. The van der Waals surface area contributed by atoms with Gasteiger partial charge in [0.05, 0.1) is 5.69 Å². The second-order valence-corrected chi connectivity index (χ2v) is 6.68. The summed E-state index contributed by atoms with van der Waals surface area (Å²) in [6.07, 6.45) is 3.33. The number of hydrogen-bond acceptors (Lipinski definition) is 3. The Morgan fingerprint density at radius 1 is 1.32 bits per heavy atom. The van der Waals surface area contributed by atoms with Gasteiger partial charge in [0.2, 0.25) is 10.0 Å². The Kier molecular flexibility index (Phi) is 5.14. The van der Waals surface area contributed by atoms with Gasteiger partial charge in [-0.2, -0.15) is 0 Å². The van der Waals surface area contributed by atoms with Crippen molar-refractivity contribution in [2.24, 2.45) is 0 Å². The van der Waals surface area contributed by atoms with Crippen LogP contribution >= 0.6 is 0 Å². The largest absolute Gasteiger partial charge is 0.397 e. The first-order valence-corrected chi connectivity index (χ1v) is 7.69. The predicted octanol–water partition coefficient (Wildman–Crippen LogP) is 2.47. The molecule has 1 aromatic rings. The van der Waals surface area contributed by atoms with E-state index >= 15 is 0 Å². The van der Waals surface area contributed by atoms with Gasteiger partial charge in [0.1, 0.15) is 4.90 Å². The van der Waals surface area contributed by atoms with Gasteiger partial charge in [-0.15, -0.1) is 6.58 Å². The first-order valence-electron chi connectivity index (χ1n) is 6.25. The molecule has 0 fully saturated rings. The number of aryl methyl sites for hydroxylation is 2. The van der Waals surface area contributed by atoms with Crippen LogP contribution in [0.5, 0.6) is 0 Å². The first-order chi connectivity index (χ1) is 8.82. The highest BCUT2D eigenvalue weighted by molar-refractivity contribution is 7.89. The van der Waals surface area contributed by atoms with E-state index in [0.717, 1.165) is 18.4 Å². The topological polar surface area (TPSA) is 63.4 Å². The second kappa shape index (κ2) is 6.21. The molecule has 0 amide bonds. The molecule has 0 saturated heterocycles. The first kappa shape index (κ1) is 15.7. The highest BCUT2D eigenvalue weighted by Crippen LogP contribution is 2.28. The number of allylic oxidation sites excluding steroid dienone is 1. The number of rotatable bonds is 6. The fraction of sp³-hybridized carbons (Fsp3) is 0.429. The highest BCUT2D eigenvalue weighted by Gasteiger charge is 2.25. The van der Waals surface area contributed by atoms with Crippen LogP contribution in [-0.2, 0) is 10.0 Å². The number of nitrogens with two attached hydrogens (primary N) is 1. The van der Waals surface area contributed by atoms with Crippen molar-refractivity contribution in [1.29, 1.82) is 0 Å². The zero-order valence-corrected chi connectivity index (χ0v) is 12.6. The Bertz CT molecular complexity index is 565. The maximum atomic E-state index is 12.5. The number of sulfonamides is 1. The van der Waals surface area contributed by atoms with Gasteiger partial charge < -0.3 is 5.73 Å². The minimum atomic E-state index is -3.53. The van der Waals surface area contributed by atoms with Crippen molar-refractivity contribution < 1.29 is 8.42 Å². The van der Waals surface area contributed by atoms with Gasteiger partial charge >= 0.3 is 0 Å². The molecule has 2 N–H and O–H groups in total. The lowest BCUT2D eigenvalue weighted by atomic mass is 10.1. The average molecular weight is 282 g/mol. The van der Waals surface area contributed by atoms with E-state index in [4.69, 9.17) is 5.73 Å². The minimum Gasteiger partial charge on any atom is -0.397 e. The Morgan fingerprint density at radius 2 is 1.89 bits per heavy atom. The molecule has 19 heavy (non-hydrogen) atoms. The molecule has 0 heterocycles. The van der Waals surface area contributed by atoms with Crippen LogP contribution in [0.25, 0.3) is 0 Å². The number of unbranched alkanes of at least 4 members (excludes halogenated alkanes) is 1. The predicted molar refractivity (Wildman–Crippen MR) is 79.6 cm³/mol. The molecule has 0 spiro atoms. The Balaban J connectivity index is 3.13. The van der Waals surface area contributed by atoms with Crippen LogP contribution in [0.1, 0.15) is 24.0 Å². The molecule has 0 aliphatic rings. The molecule has 0 unspecified atom stereocenters. The van der Waals surface area contributed by atoms with Gasteiger partial charge in [0, 0.05) is 13.6 Å². The van der Waals surface area contributed by atoms with Gasteiger partial charge in [-0.1, -0.05) is 18.2 Å². The summed E-state index contributed by atoms with van der Waals surface area (Å²) in [5.41, 5.74) is 7.74. The highest BCUT2D eigenvalue weighted by atomic mass is 32.2. The van der Waals surface area contributed by atoms with E-state index in [0.29, 0.717) is 17.8 Å². The smallest absolute Gasteiger partial charge is 0.245 e. The van der Waals surface area contributed by atoms with Crippen LogP contribution in [0.4, 0.5) is 5.69 Å². The summed E-state index contributed by atoms with van der Waals surface area (Å²) in [5.74, 6) is 0. The summed E-state index contributed by atoms with van der Waals surface area (Å²) in [6, 6.07) is 3.62. The monoisotopic (exact) mass is 282 g/mol. The number of benzene rings is 1. The van der Waals surface area contributed by atoms with Gasteiger partial charge in [-0.05, 0) is 37.8 Å². The maximum absolute atomic E-state index is 12.5. The van der Waals surface area contributed by atoms with Crippen molar-refractivity contribution >= 4 is 15.7 Å². The van der Waals surface area contributed by atoms with Crippen molar-refractivity contribution in [3.63, 3.8) is 0 Å². The average Bonchev–Trinajstić information content (AvgIpc) is 2.34. The second-order valence-electron chi connectivity index (χ2n) is 4.70. The third-order valence-electron chi connectivity index (χ3n) is 3.16. The molecule has 4 nitrogen and oxygen atoms in total. The van der Waals surface area contributed by atoms with Crippen LogP contribution in [0.3, 0.4) is 0 Å². The van der Waals surface area contributed by atoms with Crippen LogP contribution < -0.4 is 5.73 Å². The quantitative estimate of drug-likeness (QED) is 0.495. The molecule has 0 bridgehead atoms. The van der Waals surface area contributed by atoms with Crippen molar-refractivity contribution in [2.45, 2.75) is 31.6 Å². The fourth-order valence-electron chi connectivity index (χ4n) is 1.88. The van der Waals surface area contributed by atoms with E-state index in [9.17, 15) is 8.42 Å². The van der Waals surface area contributed by atoms with E-state index in [1.54, 1.807) is 26.1 Å². The van der Waals surface area contributed by atoms with Gasteiger partial charge in [-0.25, -0.2) is 12.7 Å². The Hall–Kier alpha value is -1.33. The van der Waals surface area contributed by atoms with Gasteiger partial charge in [-0.3, -0.25) is 0 Å². The maximum Gasteiger partial charge on any atom is 0.245 e. The lowest BCUT2D eigenvalue weighted by molar-refractivity contribution is 0.462. The van der Waals surface area contributed by atoms with Crippen molar-refractivity contribution in [3.05, 3.63) is 35.9 Å². The molecule has 0 aliphatic heterocycles. The van der Waals surface area contributed by atoms with E-state index in [-0.39, 0.29) is 4.90 Å². The molecule has 0 radical (unpaired) electrons. The summed E-state index contributed by atoms with van der Waals surface area (Å²) in [4.78, 5) is 0.230. The molecule has 0 aliphatic carbocycles. The summed E-state index contributed by atoms with van der Waals surface area (Å²) in [5, 5.41) is 0. The van der Waals surface area contributed by atoms with E-state index in [1.165, 1.54) is 4.31 Å². The third kappa shape index (κ3) is 3.36. The number of anilines is 1. The third-order valence-corrected chi connectivity index (χ3v) is 5.22. The number of nitrogen functional groups attached to an aromatic ring is 1. The van der Waals surface area contributed by atoms with Crippen LogP contribution in [0.2, 0.25) is 0 Å². The van der Waals surface area contributed by atoms with Gasteiger partial charge in [0.25, 0.3) is 0 Å². The fourth-order valence-corrected chi connectivity index (χ4v) is 3.48. The van der Waals surface area contributed by atoms with Crippen molar-refractivity contribution in [2.75, 3.05) is 19.3 Å². The zero-order valence-electron chi connectivity index (χ0n) is 11.8. The normalized spacial score (nSPS) is 11.8. The lowest BCUT2D eigenvalue weighted by Crippen LogP contribution is -2.29. The molecule has 1 rings (SSSR count). The van der Waals surface area contributed by atoms with E-state index in [1.807, 2.05) is 13.0 Å². The van der Waals surface area contributed by atoms with Crippen molar-refractivity contribution in [1.82, 2.24) is 4.31 Å². The van der Waals surface area contributed by atoms with E-state index in [2.05, 4.69) is 6.58 Å².